The molecule has 0 N–H and O–H groups in total. The number of aryl methyl sites for hydroxylation is 5. The van der Waals surface area contributed by atoms with E-state index in [1.54, 1.807) is 0 Å². The van der Waals surface area contributed by atoms with Gasteiger partial charge in [-0.3, -0.25) is 4.68 Å². The fourth-order valence-corrected chi connectivity index (χ4v) is 7.26. The van der Waals surface area contributed by atoms with E-state index < -0.39 is 0 Å². The van der Waals surface area contributed by atoms with Crippen molar-refractivity contribution in [2.45, 2.75) is 64.8 Å². The van der Waals surface area contributed by atoms with E-state index in [2.05, 4.69) is 83.7 Å². The first kappa shape index (κ1) is 33.7. The second-order valence-electron chi connectivity index (χ2n) is 12.2. The van der Waals surface area contributed by atoms with Crippen LogP contribution in [0, 0.1) is 6.92 Å². The van der Waals surface area contributed by atoms with Gasteiger partial charge in [0.05, 0.1) is 30.1 Å². The SMILES string of the molecule is CCCc1nn(C)c(CBr)c1-c1c(C)ccc2c(CCCOc3cccc4ccccc34)c(C(=O)OCC)n(CCCN(C)C)c12. The summed E-state index contributed by atoms with van der Waals surface area (Å²) in [6.45, 7) is 8.73. The van der Waals surface area contributed by atoms with Crippen molar-refractivity contribution in [3.05, 3.63) is 82.8 Å². The topological polar surface area (TPSA) is 61.5 Å². The summed E-state index contributed by atoms with van der Waals surface area (Å²) >= 11 is 3.76. The third kappa shape index (κ3) is 6.88. The molecule has 5 rings (SSSR count). The second kappa shape index (κ2) is 15.3. The van der Waals surface area contributed by atoms with Crippen LogP contribution in [0.5, 0.6) is 5.75 Å². The van der Waals surface area contributed by atoms with Gasteiger partial charge in [0, 0.05) is 40.8 Å². The zero-order valence-electron chi connectivity index (χ0n) is 28.2. The number of carbonyl (C=O) groups is 1. The molecule has 0 saturated carbocycles. The highest BCUT2D eigenvalue weighted by molar-refractivity contribution is 9.08. The van der Waals surface area contributed by atoms with Gasteiger partial charge in [-0.05, 0) is 82.8 Å². The number of halogens is 1. The zero-order chi connectivity index (χ0) is 32.8. The Morgan fingerprint density at radius 3 is 2.48 bits per heavy atom. The number of nitrogens with zero attached hydrogens (tertiary/aromatic N) is 4. The van der Waals surface area contributed by atoms with Crippen LogP contribution >= 0.6 is 15.9 Å². The van der Waals surface area contributed by atoms with Crippen molar-refractivity contribution in [3.8, 4) is 16.9 Å². The summed E-state index contributed by atoms with van der Waals surface area (Å²) < 4.78 is 16.3. The van der Waals surface area contributed by atoms with Crippen LogP contribution in [0.1, 0.15) is 66.1 Å². The predicted octanol–water partition coefficient (Wildman–Crippen LogP) is 8.49. The molecule has 244 valence electrons. The van der Waals surface area contributed by atoms with E-state index in [0.29, 0.717) is 37.2 Å². The minimum Gasteiger partial charge on any atom is -0.493 e. The number of fused-ring (bicyclic) bond motifs is 2. The maximum absolute atomic E-state index is 13.9. The number of ether oxygens (including phenoxy) is 2. The van der Waals surface area contributed by atoms with Gasteiger partial charge in [-0.2, -0.15) is 5.10 Å². The number of rotatable bonds is 15. The molecule has 0 fully saturated rings. The van der Waals surface area contributed by atoms with Crippen LogP contribution in [0.3, 0.4) is 0 Å². The quantitative estimate of drug-likeness (QED) is 0.0628. The summed E-state index contributed by atoms with van der Waals surface area (Å²) in [4.78, 5) is 16.1. The third-order valence-electron chi connectivity index (χ3n) is 8.67. The molecular weight excluding hydrogens is 640 g/mol. The fourth-order valence-electron chi connectivity index (χ4n) is 6.61. The minimum atomic E-state index is -0.266. The van der Waals surface area contributed by atoms with E-state index in [9.17, 15) is 4.79 Å². The number of esters is 1. The van der Waals surface area contributed by atoms with Gasteiger partial charge in [-0.15, -0.1) is 0 Å². The molecule has 0 aliphatic heterocycles. The van der Waals surface area contributed by atoms with Crippen molar-refractivity contribution in [2.75, 3.05) is 33.9 Å². The van der Waals surface area contributed by atoms with Crippen LogP contribution in [-0.4, -0.2) is 59.1 Å². The Morgan fingerprint density at radius 2 is 1.74 bits per heavy atom. The Bertz CT molecular complexity index is 1820. The molecule has 2 aromatic heterocycles. The number of hydrogen-bond acceptors (Lipinski definition) is 5. The van der Waals surface area contributed by atoms with Gasteiger partial charge in [0.25, 0.3) is 0 Å². The third-order valence-corrected chi connectivity index (χ3v) is 9.20. The summed E-state index contributed by atoms with van der Waals surface area (Å²) in [5, 5.41) is 9.04. The Kier molecular flexibility index (Phi) is 11.2. The predicted molar refractivity (Wildman–Crippen MR) is 192 cm³/mol. The minimum absolute atomic E-state index is 0.266. The number of aromatic nitrogens is 3. The van der Waals surface area contributed by atoms with Crippen molar-refractivity contribution >= 4 is 43.6 Å². The molecule has 8 heteroatoms. The Balaban J connectivity index is 1.64. The van der Waals surface area contributed by atoms with Crippen molar-refractivity contribution in [1.82, 2.24) is 19.2 Å². The maximum Gasteiger partial charge on any atom is 0.355 e. The van der Waals surface area contributed by atoms with Gasteiger partial charge in [-0.1, -0.05) is 77.8 Å². The zero-order valence-corrected chi connectivity index (χ0v) is 29.7. The molecule has 5 aromatic rings. The Morgan fingerprint density at radius 1 is 0.957 bits per heavy atom. The molecule has 46 heavy (non-hydrogen) atoms. The van der Waals surface area contributed by atoms with Crippen LogP contribution in [-0.2, 0) is 36.5 Å². The fraction of sp³-hybridized carbons (Fsp3) is 0.421. The monoisotopic (exact) mass is 686 g/mol. The highest BCUT2D eigenvalue weighted by atomic mass is 79.9. The first-order valence-corrected chi connectivity index (χ1v) is 17.6. The molecule has 0 radical (unpaired) electrons. The summed E-state index contributed by atoms with van der Waals surface area (Å²) in [6, 6.07) is 18.9. The average molecular weight is 688 g/mol. The standard InChI is InChI=1S/C38H47BrN4O3/c1-7-14-31-35(32(25-39)42(6)40-31)34-26(3)20-21-30-29(18-12-24-46-33-19-11-16-27-15-9-10-17-28(27)33)37(38(44)45-8-2)43(36(30)34)23-13-22-41(4)5/h9-11,15-17,19-21H,7-8,12-14,18,22-25H2,1-6H3. The highest BCUT2D eigenvalue weighted by Crippen LogP contribution is 2.41. The summed E-state index contributed by atoms with van der Waals surface area (Å²) in [5.74, 6) is 0.618. The van der Waals surface area contributed by atoms with E-state index in [1.807, 2.05) is 42.9 Å². The molecule has 2 heterocycles. The lowest BCUT2D eigenvalue weighted by atomic mass is 9.93. The lowest BCUT2D eigenvalue weighted by molar-refractivity contribution is 0.0512. The highest BCUT2D eigenvalue weighted by Gasteiger charge is 2.29. The molecule has 0 spiro atoms. The molecular formula is C38H47BrN4O3. The summed E-state index contributed by atoms with van der Waals surface area (Å²) in [5.41, 5.74) is 8.54. The molecule has 0 amide bonds. The molecule has 0 bridgehead atoms. The summed E-state index contributed by atoms with van der Waals surface area (Å²) in [6.07, 6.45) is 4.24. The van der Waals surface area contributed by atoms with Crippen LogP contribution in [0.2, 0.25) is 0 Å². The number of carbonyl (C=O) groups excluding carboxylic acids is 1. The van der Waals surface area contributed by atoms with Crippen LogP contribution in [0.25, 0.3) is 32.8 Å². The number of alkyl halides is 1. The molecule has 3 aromatic carbocycles. The lowest BCUT2D eigenvalue weighted by Gasteiger charge is -2.17. The van der Waals surface area contributed by atoms with Crippen LogP contribution < -0.4 is 4.74 Å². The largest absolute Gasteiger partial charge is 0.493 e. The maximum atomic E-state index is 13.9. The average Bonchev–Trinajstić information content (AvgIpc) is 3.52. The molecule has 0 atom stereocenters. The van der Waals surface area contributed by atoms with E-state index in [0.717, 1.165) is 82.2 Å². The number of hydrogen-bond donors (Lipinski definition) is 0. The van der Waals surface area contributed by atoms with E-state index in [1.165, 1.54) is 11.1 Å². The molecule has 7 nitrogen and oxygen atoms in total. The molecule has 0 unspecified atom stereocenters. The van der Waals surface area contributed by atoms with Gasteiger partial charge < -0.3 is 18.9 Å². The van der Waals surface area contributed by atoms with Gasteiger partial charge in [-0.25, -0.2) is 4.79 Å². The van der Waals surface area contributed by atoms with E-state index in [-0.39, 0.29) is 5.97 Å². The molecule has 0 saturated heterocycles. The van der Waals surface area contributed by atoms with Gasteiger partial charge in [0.2, 0.25) is 0 Å². The van der Waals surface area contributed by atoms with Crippen molar-refractivity contribution in [1.29, 1.82) is 0 Å². The van der Waals surface area contributed by atoms with Crippen LogP contribution in [0.4, 0.5) is 0 Å². The Labute approximate surface area is 281 Å². The first-order valence-electron chi connectivity index (χ1n) is 16.5. The molecule has 0 aliphatic rings. The van der Waals surface area contributed by atoms with Crippen molar-refractivity contribution in [3.63, 3.8) is 0 Å². The first-order chi connectivity index (χ1) is 22.3. The van der Waals surface area contributed by atoms with Gasteiger partial charge in [0.1, 0.15) is 11.4 Å². The van der Waals surface area contributed by atoms with Gasteiger partial charge >= 0.3 is 5.97 Å². The smallest absolute Gasteiger partial charge is 0.355 e. The normalized spacial score (nSPS) is 11.7. The Hall–Kier alpha value is -3.62. The van der Waals surface area contributed by atoms with E-state index in [4.69, 9.17) is 14.6 Å². The summed E-state index contributed by atoms with van der Waals surface area (Å²) in [7, 11) is 6.20. The van der Waals surface area contributed by atoms with Crippen molar-refractivity contribution < 1.29 is 14.3 Å². The second-order valence-corrected chi connectivity index (χ2v) is 12.8. The lowest BCUT2D eigenvalue weighted by Crippen LogP contribution is -2.19. The van der Waals surface area contributed by atoms with E-state index >= 15 is 0 Å². The number of benzene rings is 3. The van der Waals surface area contributed by atoms with Crippen LogP contribution in [0.15, 0.2) is 54.6 Å². The molecule has 0 aliphatic carbocycles. The van der Waals surface area contributed by atoms with Gasteiger partial charge in [0.15, 0.2) is 0 Å². The van der Waals surface area contributed by atoms with Crippen molar-refractivity contribution in [2.24, 2.45) is 7.05 Å².